The number of nitrogens with one attached hydrogen (secondary N) is 1. The summed E-state index contributed by atoms with van der Waals surface area (Å²) in [7, 11) is 0. The Bertz CT molecular complexity index is 361. The number of rotatable bonds is 4. The lowest BCUT2D eigenvalue weighted by atomic mass is 10.1. The fourth-order valence-electron chi connectivity index (χ4n) is 1.84. The molecule has 1 saturated heterocycles. The summed E-state index contributed by atoms with van der Waals surface area (Å²) >= 11 is 2.05. The molecule has 1 aromatic carbocycles. The van der Waals surface area contributed by atoms with Gasteiger partial charge in [0.15, 0.2) is 0 Å². The van der Waals surface area contributed by atoms with Gasteiger partial charge in [0.1, 0.15) is 0 Å². The third-order valence-electron chi connectivity index (χ3n) is 2.86. The highest BCUT2D eigenvalue weighted by Crippen LogP contribution is 2.23. The summed E-state index contributed by atoms with van der Waals surface area (Å²) < 4.78 is 0. The molecule has 1 aliphatic rings. The normalized spacial score (nSPS) is 19.3. The molecule has 84 valence electrons. The van der Waals surface area contributed by atoms with Gasteiger partial charge >= 0.3 is 0 Å². The molecular weight excluding hydrogens is 216 g/mol. The second-order valence-corrected chi connectivity index (χ2v) is 5.29. The van der Waals surface area contributed by atoms with Gasteiger partial charge in [-0.1, -0.05) is 12.1 Å². The molecule has 1 N–H and O–H groups in total. The zero-order valence-corrected chi connectivity index (χ0v) is 10.1. The van der Waals surface area contributed by atoms with Crippen LogP contribution in [-0.4, -0.2) is 18.1 Å². The standard InChI is InChI=1S/C13H16N2S/c14-7-5-11-1-3-13(4-2-11)15-9-12-6-8-16-10-12/h1-4,12,15H,5-6,8-10H2/t12-/m0/s1. The van der Waals surface area contributed by atoms with Crippen molar-refractivity contribution in [1.82, 2.24) is 0 Å². The van der Waals surface area contributed by atoms with Crippen LogP contribution in [0.2, 0.25) is 0 Å². The molecule has 2 nitrogen and oxygen atoms in total. The van der Waals surface area contributed by atoms with Crippen LogP contribution < -0.4 is 5.32 Å². The molecule has 2 rings (SSSR count). The predicted octanol–water partition coefficient (Wildman–Crippen LogP) is 2.92. The van der Waals surface area contributed by atoms with E-state index in [1.54, 1.807) is 0 Å². The van der Waals surface area contributed by atoms with E-state index >= 15 is 0 Å². The summed E-state index contributed by atoms with van der Waals surface area (Å²) in [5.74, 6) is 3.43. The van der Waals surface area contributed by atoms with Crippen LogP contribution >= 0.6 is 11.8 Å². The summed E-state index contributed by atoms with van der Waals surface area (Å²) in [6, 6.07) is 10.3. The molecule has 16 heavy (non-hydrogen) atoms. The number of nitrogens with zero attached hydrogens (tertiary/aromatic N) is 1. The van der Waals surface area contributed by atoms with E-state index in [1.807, 2.05) is 12.1 Å². The summed E-state index contributed by atoms with van der Waals surface area (Å²) in [6.07, 6.45) is 1.84. The first-order chi connectivity index (χ1) is 7.88. The molecule has 0 aromatic heterocycles. The van der Waals surface area contributed by atoms with E-state index in [0.29, 0.717) is 6.42 Å². The molecule has 0 unspecified atom stereocenters. The molecule has 1 atom stereocenters. The lowest BCUT2D eigenvalue weighted by Crippen LogP contribution is -2.13. The Hall–Kier alpha value is -1.14. The van der Waals surface area contributed by atoms with Crippen LogP contribution in [0.25, 0.3) is 0 Å². The average molecular weight is 232 g/mol. The van der Waals surface area contributed by atoms with Crippen molar-refractivity contribution in [3.05, 3.63) is 29.8 Å². The minimum atomic E-state index is 0.500. The molecule has 0 bridgehead atoms. The number of benzene rings is 1. The van der Waals surface area contributed by atoms with E-state index in [2.05, 4.69) is 35.3 Å². The van der Waals surface area contributed by atoms with E-state index in [0.717, 1.165) is 18.0 Å². The van der Waals surface area contributed by atoms with E-state index in [4.69, 9.17) is 5.26 Å². The predicted molar refractivity (Wildman–Crippen MR) is 69.7 cm³/mol. The van der Waals surface area contributed by atoms with Crippen LogP contribution in [0.5, 0.6) is 0 Å². The van der Waals surface area contributed by atoms with Crippen LogP contribution in [-0.2, 0) is 6.42 Å². The van der Waals surface area contributed by atoms with Crippen LogP contribution in [0.15, 0.2) is 24.3 Å². The van der Waals surface area contributed by atoms with Gasteiger partial charge in [0.2, 0.25) is 0 Å². The maximum Gasteiger partial charge on any atom is 0.0669 e. The highest BCUT2D eigenvalue weighted by Gasteiger charge is 2.14. The van der Waals surface area contributed by atoms with Gasteiger partial charge in [-0.15, -0.1) is 0 Å². The zero-order chi connectivity index (χ0) is 11.2. The van der Waals surface area contributed by atoms with Gasteiger partial charge in [-0.05, 0) is 41.5 Å². The van der Waals surface area contributed by atoms with Crippen LogP contribution in [0, 0.1) is 17.2 Å². The van der Waals surface area contributed by atoms with E-state index < -0.39 is 0 Å². The van der Waals surface area contributed by atoms with Crippen LogP contribution in [0.3, 0.4) is 0 Å². The minimum Gasteiger partial charge on any atom is -0.385 e. The van der Waals surface area contributed by atoms with Gasteiger partial charge in [0.05, 0.1) is 12.5 Å². The smallest absolute Gasteiger partial charge is 0.0669 e. The molecular formula is C13H16N2S. The first kappa shape index (κ1) is 11.3. The van der Waals surface area contributed by atoms with Crippen molar-refractivity contribution in [2.45, 2.75) is 12.8 Å². The van der Waals surface area contributed by atoms with Crippen molar-refractivity contribution in [3.63, 3.8) is 0 Å². The molecule has 1 fully saturated rings. The Morgan fingerprint density at radius 3 is 2.81 bits per heavy atom. The molecule has 0 spiro atoms. The minimum absolute atomic E-state index is 0.500. The summed E-state index contributed by atoms with van der Waals surface area (Å²) in [5, 5.41) is 12.0. The number of hydrogen-bond donors (Lipinski definition) is 1. The summed E-state index contributed by atoms with van der Waals surface area (Å²) in [4.78, 5) is 0. The van der Waals surface area contributed by atoms with Gasteiger partial charge in [-0.25, -0.2) is 0 Å². The average Bonchev–Trinajstić information content (AvgIpc) is 2.82. The van der Waals surface area contributed by atoms with Crippen molar-refractivity contribution >= 4 is 17.4 Å². The van der Waals surface area contributed by atoms with Gasteiger partial charge in [0.25, 0.3) is 0 Å². The highest BCUT2D eigenvalue weighted by molar-refractivity contribution is 7.99. The Morgan fingerprint density at radius 1 is 1.38 bits per heavy atom. The Kier molecular flexibility index (Phi) is 4.12. The highest BCUT2D eigenvalue weighted by atomic mass is 32.2. The second-order valence-electron chi connectivity index (χ2n) is 4.14. The van der Waals surface area contributed by atoms with Crippen LogP contribution in [0.1, 0.15) is 12.0 Å². The molecule has 1 aliphatic heterocycles. The van der Waals surface area contributed by atoms with Crippen molar-refractivity contribution in [2.75, 3.05) is 23.4 Å². The second kappa shape index (κ2) is 5.81. The van der Waals surface area contributed by atoms with Crippen molar-refractivity contribution in [3.8, 4) is 6.07 Å². The number of thioether (sulfide) groups is 1. The van der Waals surface area contributed by atoms with Gasteiger partial charge in [-0.2, -0.15) is 17.0 Å². The molecule has 0 aliphatic carbocycles. The zero-order valence-electron chi connectivity index (χ0n) is 9.28. The maximum absolute atomic E-state index is 8.57. The third-order valence-corrected chi connectivity index (χ3v) is 4.09. The number of nitriles is 1. The first-order valence-corrected chi connectivity index (χ1v) is 6.81. The Morgan fingerprint density at radius 2 is 2.19 bits per heavy atom. The van der Waals surface area contributed by atoms with Gasteiger partial charge in [-0.3, -0.25) is 0 Å². The molecule has 0 radical (unpaired) electrons. The van der Waals surface area contributed by atoms with E-state index in [1.165, 1.54) is 23.6 Å². The van der Waals surface area contributed by atoms with E-state index in [9.17, 15) is 0 Å². The van der Waals surface area contributed by atoms with E-state index in [-0.39, 0.29) is 0 Å². The van der Waals surface area contributed by atoms with Crippen molar-refractivity contribution in [1.29, 1.82) is 5.26 Å². The molecule has 3 heteroatoms. The topological polar surface area (TPSA) is 35.8 Å². The number of hydrogen-bond acceptors (Lipinski definition) is 3. The van der Waals surface area contributed by atoms with Crippen LogP contribution in [0.4, 0.5) is 5.69 Å². The Balaban J connectivity index is 1.82. The molecule has 0 amide bonds. The monoisotopic (exact) mass is 232 g/mol. The third kappa shape index (κ3) is 3.18. The first-order valence-electron chi connectivity index (χ1n) is 5.66. The SMILES string of the molecule is N#CCc1ccc(NC[C@@H]2CCSC2)cc1. The quantitative estimate of drug-likeness (QED) is 0.867. The lowest BCUT2D eigenvalue weighted by molar-refractivity contribution is 0.632. The number of anilines is 1. The van der Waals surface area contributed by atoms with Crippen molar-refractivity contribution in [2.24, 2.45) is 5.92 Å². The van der Waals surface area contributed by atoms with Gasteiger partial charge in [0, 0.05) is 12.2 Å². The summed E-state index contributed by atoms with van der Waals surface area (Å²) in [6.45, 7) is 1.07. The Labute approximate surface area is 101 Å². The van der Waals surface area contributed by atoms with Crippen molar-refractivity contribution < 1.29 is 0 Å². The largest absolute Gasteiger partial charge is 0.385 e. The fourth-order valence-corrected chi connectivity index (χ4v) is 3.12. The maximum atomic E-state index is 8.57. The van der Waals surface area contributed by atoms with Gasteiger partial charge < -0.3 is 5.32 Å². The fraction of sp³-hybridized carbons (Fsp3) is 0.462. The lowest BCUT2D eigenvalue weighted by Gasteiger charge is -2.11. The molecule has 0 saturated carbocycles. The summed E-state index contributed by atoms with van der Waals surface area (Å²) in [5.41, 5.74) is 2.25. The molecule has 1 heterocycles. The molecule has 1 aromatic rings.